The van der Waals surface area contributed by atoms with Gasteiger partial charge in [0.2, 0.25) is 0 Å². The fourth-order valence-electron chi connectivity index (χ4n) is 1.32. The second-order valence-corrected chi connectivity index (χ2v) is 3.05. The first-order chi connectivity index (χ1) is 7.31. The van der Waals surface area contributed by atoms with E-state index in [4.69, 9.17) is 9.68 Å². The zero-order valence-electron chi connectivity index (χ0n) is 7.88. The molecule has 0 aliphatic heterocycles. The molecule has 0 saturated carbocycles. The highest BCUT2D eigenvalue weighted by molar-refractivity contribution is 5.25. The van der Waals surface area contributed by atoms with E-state index in [1.807, 2.05) is 6.07 Å². The number of aromatic nitrogens is 1. The molecule has 74 valence electrons. The monoisotopic (exact) mass is 200 g/mol. The van der Waals surface area contributed by atoms with Gasteiger partial charge in [0, 0.05) is 6.20 Å². The van der Waals surface area contributed by atoms with Gasteiger partial charge < -0.3 is 8.98 Å². The fraction of sp³-hybridized carbons (Fsp3) is 0.0909. The van der Waals surface area contributed by atoms with Crippen LogP contribution in [-0.4, -0.2) is 4.57 Å². The maximum atomic E-state index is 11.6. The molecule has 2 rings (SSSR count). The maximum Gasteiger partial charge on any atom is 0.268 e. The number of pyridine rings is 1. The van der Waals surface area contributed by atoms with Crippen molar-refractivity contribution in [3.8, 4) is 6.07 Å². The number of rotatable bonds is 2. The lowest BCUT2D eigenvalue weighted by Crippen LogP contribution is -2.21. The molecule has 4 nitrogen and oxygen atoms in total. The van der Waals surface area contributed by atoms with Gasteiger partial charge in [-0.3, -0.25) is 4.79 Å². The van der Waals surface area contributed by atoms with Crippen LogP contribution in [0.2, 0.25) is 0 Å². The van der Waals surface area contributed by atoms with E-state index in [9.17, 15) is 4.79 Å². The van der Waals surface area contributed by atoms with Crippen molar-refractivity contribution >= 4 is 0 Å². The summed E-state index contributed by atoms with van der Waals surface area (Å²) in [6.07, 6.45) is 3.18. The van der Waals surface area contributed by atoms with Crippen LogP contribution >= 0.6 is 0 Å². The van der Waals surface area contributed by atoms with Crippen molar-refractivity contribution in [2.24, 2.45) is 0 Å². The van der Waals surface area contributed by atoms with Gasteiger partial charge in [0.25, 0.3) is 5.56 Å². The fourth-order valence-corrected chi connectivity index (χ4v) is 1.32. The Morgan fingerprint density at radius 1 is 1.40 bits per heavy atom. The first-order valence-electron chi connectivity index (χ1n) is 4.43. The van der Waals surface area contributed by atoms with Gasteiger partial charge in [0.15, 0.2) is 0 Å². The van der Waals surface area contributed by atoms with Crippen LogP contribution in [0.3, 0.4) is 0 Å². The first-order valence-corrected chi connectivity index (χ1v) is 4.43. The van der Waals surface area contributed by atoms with Crippen LogP contribution in [0.25, 0.3) is 0 Å². The average Bonchev–Trinajstić information content (AvgIpc) is 2.74. The average molecular weight is 200 g/mol. The number of nitrogens with zero attached hydrogens (tertiary/aromatic N) is 2. The van der Waals surface area contributed by atoms with Crippen molar-refractivity contribution in [1.82, 2.24) is 4.57 Å². The Bertz CT molecular complexity index is 547. The minimum Gasteiger partial charge on any atom is -0.467 e. The summed E-state index contributed by atoms with van der Waals surface area (Å²) in [5, 5.41) is 8.68. The van der Waals surface area contributed by atoms with Gasteiger partial charge >= 0.3 is 0 Å². The molecule has 15 heavy (non-hydrogen) atoms. The van der Waals surface area contributed by atoms with Crippen LogP contribution in [0.4, 0.5) is 0 Å². The van der Waals surface area contributed by atoms with Crippen LogP contribution in [-0.2, 0) is 6.54 Å². The second-order valence-electron chi connectivity index (χ2n) is 3.05. The lowest BCUT2D eigenvalue weighted by Gasteiger charge is -2.02. The van der Waals surface area contributed by atoms with Crippen molar-refractivity contribution in [1.29, 1.82) is 5.26 Å². The molecule has 2 heterocycles. The summed E-state index contributed by atoms with van der Waals surface area (Å²) in [7, 11) is 0. The Balaban J connectivity index is 2.39. The Morgan fingerprint density at radius 3 is 2.93 bits per heavy atom. The minimum atomic E-state index is -0.295. The second kappa shape index (κ2) is 3.84. The van der Waals surface area contributed by atoms with Gasteiger partial charge in [-0.25, -0.2) is 0 Å². The van der Waals surface area contributed by atoms with E-state index in [1.54, 1.807) is 30.7 Å². The molecule has 4 heteroatoms. The van der Waals surface area contributed by atoms with E-state index in [-0.39, 0.29) is 11.1 Å². The number of hydrogen-bond donors (Lipinski definition) is 0. The van der Waals surface area contributed by atoms with E-state index >= 15 is 0 Å². The van der Waals surface area contributed by atoms with Crippen LogP contribution < -0.4 is 5.56 Å². The van der Waals surface area contributed by atoms with Gasteiger partial charge in [-0.05, 0) is 24.3 Å². The van der Waals surface area contributed by atoms with Gasteiger partial charge in [-0.2, -0.15) is 5.26 Å². The van der Waals surface area contributed by atoms with E-state index in [0.717, 1.165) is 0 Å². The van der Waals surface area contributed by atoms with Gasteiger partial charge in [0.1, 0.15) is 17.4 Å². The predicted molar refractivity (Wildman–Crippen MR) is 53.2 cm³/mol. The van der Waals surface area contributed by atoms with Crippen LogP contribution in [0, 0.1) is 11.3 Å². The van der Waals surface area contributed by atoms with E-state index in [1.165, 1.54) is 10.6 Å². The number of hydrogen-bond acceptors (Lipinski definition) is 3. The van der Waals surface area contributed by atoms with E-state index in [0.29, 0.717) is 12.3 Å². The van der Waals surface area contributed by atoms with Crippen molar-refractivity contribution in [2.45, 2.75) is 6.54 Å². The molecule has 0 spiro atoms. The molecule has 0 aliphatic rings. The number of furan rings is 1. The highest BCUT2D eigenvalue weighted by atomic mass is 16.3. The molecule has 0 radical (unpaired) electrons. The highest BCUT2D eigenvalue weighted by Gasteiger charge is 2.03. The summed E-state index contributed by atoms with van der Waals surface area (Å²) in [6, 6.07) is 8.56. The Kier molecular flexibility index (Phi) is 2.38. The molecule has 0 unspecified atom stereocenters. The summed E-state index contributed by atoms with van der Waals surface area (Å²) >= 11 is 0. The lowest BCUT2D eigenvalue weighted by molar-refractivity contribution is 0.489. The molecular formula is C11H8N2O2. The normalized spacial score (nSPS) is 9.80. The lowest BCUT2D eigenvalue weighted by atomic mass is 10.3. The molecule has 0 N–H and O–H groups in total. The van der Waals surface area contributed by atoms with Crippen molar-refractivity contribution in [3.63, 3.8) is 0 Å². The topological polar surface area (TPSA) is 58.9 Å². The highest BCUT2D eigenvalue weighted by Crippen LogP contribution is 2.01. The summed E-state index contributed by atoms with van der Waals surface area (Å²) in [5.41, 5.74) is -0.152. The predicted octanol–water partition coefficient (Wildman–Crippen LogP) is 1.36. The third-order valence-electron chi connectivity index (χ3n) is 2.05. The molecule has 2 aromatic rings. The third kappa shape index (κ3) is 1.81. The SMILES string of the molecule is N#Cc1cccn(Cc2ccco2)c1=O. The van der Waals surface area contributed by atoms with Crippen molar-refractivity contribution in [3.05, 3.63) is 58.4 Å². The zero-order valence-corrected chi connectivity index (χ0v) is 7.88. The maximum absolute atomic E-state index is 11.6. The summed E-state index contributed by atoms with van der Waals surface area (Å²) in [4.78, 5) is 11.6. The summed E-state index contributed by atoms with van der Waals surface area (Å²) in [6.45, 7) is 0.349. The Morgan fingerprint density at radius 2 is 2.27 bits per heavy atom. The largest absolute Gasteiger partial charge is 0.467 e. The van der Waals surface area contributed by atoms with Gasteiger partial charge in [0.05, 0.1) is 12.8 Å². The molecular weight excluding hydrogens is 192 g/mol. The summed E-state index contributed by atoms with van der Waals surface area (Å²) in [5.74, 6) is 0.687. The van der Waals surface area contributed by atoms with E-state index in [2.05, 4.69) is 0 Å². The molecule has 2 aromatic heterocycles. The minimum absolute atomic E-state index is 0.143. The molecule has 0 saturated heterocycles. The standard InChI is InChI=1S/C11H8N2O2/c12-7-9-3-1-5-13(11(9)14)8-10-4-2-6-15-10/h1-6H,8H2. The van der Waals surface area contributed by atoms with Gasteiger partial charge in [-0.1, -0.05) is 0 Å². The van der Waals surface area contributed by atoms with Crippen LogP contribution in [0.5, 0.6) is 0 Å². The van der Waals surface area contributed by atoms with E-state index < -0.39 is 0 Å². The van der Waals surface area contributed by atoms with Gasteiger partial charge in [-0.15, -0.1) is 0 Å². The van der Waals surface area contributed by atoms with Crippen LogP contribution in [0.1, 0.15) is 11.3 Å². The quantitative estimate of drug-likeness (QED) is 0.735. The molecule has 0 bridgehead atoms. The Labute approximate surface area is 86.0 Å². The summed E-state index contributed by atoms with van der Waals surface area (Å²) < 4.78 is 6.57. The third-order valence-corrected chi connectivity index (χ3v) is 2.05. The van der Waals surface area contributed by atoms with Crippen molar-refractivity contribution < 1.29 is 4.42 Å². The Hall–Kier alpha value is -2.28. The molecule has 0 aliphatic carbocycles. The molecule has 0 aromatic carbocycles. The number of nitriles is 1. The molecule has 0 fully saturated rings. The molecule has 0 amide bonds. The van der Waals surface area contributed by atoms with Crippen LogP contribution in [0.15, 0.2) is 45.9 Å². The first kappa shape index (κ1) is 9.28. The smallest absolute Gasteiger partial charge is 0.268 e. The van der Waals surface area contributed by atoms with Crippen molar-refractivity contribution in [2.75, 3.05) is 0 Å². The zero-order chi connectivity index (χ0) is 10.7. The molecule has 0 atom stereocenters.